The molecule has 0 radical (unpaired) electrons. The summed E-state index contributed by atoms with van der Waals surface area (Å²) in [6.45, 7) is 3.83. The zero-order chi connectivity index (χ0) is 24.8. The number of benzene rings is 2. The fraction of sp³-hybridized carbons (Fsp3) is 0.208. The highest BCUT2D eigenvalue weighted by atomic mass is 32.1. The first kappa shape index (κ1) is 24.6. The van der Waals surface area contributed by atoms with E-state index in [4.69, 9.17) is 17.0 Å². The van der Waals surface area contributed by atoms with E-state index in [-0.39, 0.29) is 18.2 Å². The van der Waals surface area contributed by atoms with Crippen LogP contribution in [0.1, 0.15) is 31.0 Å². The standard InChI is InChI=1S/C24H24N4O5S/c1-4-33-23(30)21-15(2)27(3)24(34)26-22(21)17-8-10-18(11-9-17)25-20(29)14-7-16-5-12-19(13-6-16)28(31)32/h5-14,22H,4H2,1-3H3,(H,25,29)(H,26,34). The molecule has 0 saturated heterocycles. The molecule has 1 unspecified atom stereocenters. The summed E-state index contributed by atoms with van der Waals surface area (Å²) in [7, 11) is 1.78. The molecule has 2 aromatic rings. The van der Waals surface area contributed by atoms with Crippen LogP contribution in [-0.2, 0) is 14.3 Å². The number of hydrogen-bond donors (Lipinski definition) is 2. The van der Waals surface area contributed by atoms with Gasteiger partial charge in [0.25, 0.3) is 5.69 Å². The van der Waals surface area contributed by atoms with Crippen LogP contribution in [0.25, 0.3) is 6.08 Å². The van der Waals surface area contributed by atoms with E-state index in [0.29, 0.717) is 27.6 Å². The van der Waals surface area contributed by atoms with E-state index in [1.807, 2.05) is 6.92 Å². The van der Waals surface area contributed by atoms with Crippen LogP contribution in [0, 0.1) is 10.1 Å². The normalized spacial score (nSPS) is 15.8. The van der Waals surface area contributed by atoms with Gasteiger partial charge in [0.05, 0.1) is 23.1 Å². The van der Waals surface area contributed by atoms with Crippen molar-refractivity contribution < 1.29 is 19.2 Å². The van der Waals surface area contributed by atoms with Crippen molar-refractivity contribution in [3.63, 3.8) is 0 Å². The van der Waals surface area contributed by atoms with Gasteiger partial charge >= 0.3 is 5.97 Å². The first-order chi connectivity index (χ1) is 16.2. The van der Waals surface area contributed by atoms with Crippen molar-refractivity contribution in [1.29, 1.82) is 0 Å². The van der Waals surface area contributed by atoms with E-state index >= 15 is 0 Å². The minimum absolute atomic E-state index is 0.0160. The second-order valence-corrected chi connectivity index (χ2v) is 7.84. The lowest BCUT2D eigenvalue weighted by molar-refractivity contribution is -0.384. The number of amides is 1. The number of thiocarbonyl (C=S) groups is 1. The van der Waals surface area contributed by atoms with Gasteiger partial charge in [0, 0.05) is 36.6 Å². The van der Waals surface area contributed by atoms with Crippen molar-refractivity contribution in [2.45, 2.75) is 19.9 Å². The van der Waals surface area contributed by atoms with Crippen LogP contribution in [-0.4, -0.2) is 40.5 Å². The molecule has 0 saturated carbocycles. The van der Waals surface area contributed by atoms with Crippen LogP contribution >= 0.6 is 12.2 Å². The van der Waals surface area contributed by atoms with Crippen LogP contribution in [0.5, 0.6) is 0 Å². The largest absolute Gasteiger partial charge is 0.463 e. The summed E-state index contributed by atoms with van der Waals surface area (Å²) in [6, 6.07) is 12.5. The van der Waals surface area contributed by atoms with E-state index in [2.05, 4.69) is 10.6 Å². The molecule has 34 heavy (non-hydrogen) atoms. The molecule has 1 amide bonds. The smallest absolute Gasteiger partial charge is 0.338 e. The van der Waals surface area contributed by atoms with E-state index < -0.39 is 16.9 Å². The summed E-state index contributed by atoms with van der Waals surface area (Å²) in [5.74, 6) is -0.770. The van der Waals surface area contributed by atoms with Gasteiger partial charge in [0.2, 0.25) is 5.91 Å². The van der Waals surface area contributed by atoms with Crippen molar-refractivity contribution >= 4 is 46.7 Å². The SMILES string of the molecule is CCOC(=O)C1=C(C)N(C)C(=S)NC1c1ccc(NC(=O)C=Cc2ccc([N+](=O)[O-])cc2)cc1. The number of carbonyl (C=O) groups is 2. The molecule has 1 aliphatic rings. The van der Waals surface area contributed by atoms with Crippen molar-refractivity contribution in [3.8, 4) is 0 Å². The lowest BCUT2D eigenvalue weighted by atomic mass is 9.95. The number of nitro groups is 1. The average Bonchev–Trinajstić information content (AvgIpc) is 2.82. The van der Waals surface area contributed by atoms with E-state index in [1.165, 1.54) is 18.2 Å². The fourth-order valence-corrected chi connectivity index (χ4v) is 3.64. The Labute approximate surface area is 202 Å². The quantitative estimate of drug-likeness (QED) is 0.201. The number of nitro benzene ring substituents is 1. The van der Waals surface area contributed by atoms with Crippen LogP contribution in [0.4, 0.5) is 11.4 Å². The number of nitrogens with zero attached hydrogens (tertiary/aromatic N) is 2. The Morgan fingerprint density at radius 3 is 2.44 bits per heavy atom. The number of anilines is 1. The molecule has 10 heteroatoms. The Morgan fingerprint density at radius 2 is 1.85 bits per heavy atom. The molecule has 0 spiro atoms. The topological polar surface area (TPSA) is 114 Å². The number of non-ortho nitro benzene ring substituents is 1. The van der Waals surface area contributed by atoms with Gasteiger partial charge in [-0.15, -0.1) is 0 Å². The predicted molar refractivity (Wildman–Crippen MR) is 133 cm³/mol. The van der Waals surface area contributed by atoms with Gasteiger partial charge in [0.1, 0.15) is 0 Å². The van der Waals surface area contributed by atoms with E-state index in [1.54, 1.807) is 61.3 Å². The summed E-state index contributed by atoms with van der Waals surface area (Å²) in [4.78, 5) is 36.8. The van der Waals surface area contributed by atoms with Crippen molar-refractivity contribution in [2.24, 2.45) is 0 Å². The Kier molecular flexibility index (Phi) is 7.75. The summed E-state index contributed by atoms with van der Waals surface area (Å²) >= 11 is 5.39. The number of carbonyl (C=O) groups excluding carboxylic acids is 2. The van der Waals surface area contributed by atoms with Gasteiger partial charge in [-0.2, -0.15) is 0 Å². The van der Waals surface area contributed by atoms with Gasteiger partial charge < -0.3 is 20.3 Å². The Hall–Kier alpha value is -4.05. The maximum atomic E-state index is 12.6. The van der Waals surface area contributed by atoms with Crippen LogP contribution in [0.2, 0.25) is 0 Å². The summed E-state index contributed by atoms with van der Waals surface area (Å²) < 4.78 is 5.24. The lowest BCUT2D eigenvalue weighted by Crippen LogP contribution is -2.46. The number of ether oxygens (including phenoxy) is 1. The minimum atomic E-state index is -0.481. The maximum Gasteiger partial charge on any atom is 0.338 e. The second kappa shape index (κ2) is 10.7. The summed E-state index contributed by atoms with van der Waals surface area (Å²) in [6.07, 6.45) is 2.91. The first-order valence-electron chi connectivity index (χ1n) is 10.5. The van der Waals surface area contributed by atoms with Gasteiger partial charge in [-0.1, -0.05) is 12.1 Å². The molecule has 2 N–H and O–H groups in total. The minimum Gasteiger partial charge on any atom is -0.463 e. The number of esters is 1. The third kappa shape index (κ3) is 5.65. The Balaban J connectivity index is 1.72. The number of nitrogens with one attached hydrogen (secondary N) is 2. The highest BCUT2D eigenvalue weighted by Gasteiger charge is 2.33. The van der Waals surface area contributed by atoms with Crippen molar-refractivity contribution in [2.75, 3.05) is 19.0 Å². The van der Waals surface area contributed by atoms with Crippen molar-refractivity contribution in [1.82, 2.24) is 10.2 Å². The zero-order valence-electron chi connectivity index (χ0n) is 18.9. The van der Waals surface area contributed by atoms with Gasteiger partial charge in [-0.3, -0.25) is 14.9 Å². The molecule has 0 aliphatic carbocycles. The molecule has 1 atom stereocenters. The third-order valence-corrected chi connectivity index (χ3v) is 5.68. The second-order valence-electron chi connectivity index (χ2n) is 7.45. The fourth-order valence-electron chi connectivity index (χ4n) is 3.38. The molecule has 1 aliphatic heterocycles. The number of hydrogen-bond acceptors (Lipinski definition) is 6. The van der Waals surface area contributed by atoms with Gasteiger partial charge in [-0.05, 0) is 67.5 Å². The molecule has 0 bridgehead atoms. The van der Waals surface area contributed by atoms with Crippen LogP contribution < -0.4 is 10.6 Å². The predicted octanol–water partition coefficient (Wildman–Crippen LogP) is 3.94. The van der Waals surface area contributed by atoms with Gasteiger partial charge in [0.15, 0.2) is 5.11 Å². The molecule has 2 aromatic carbocycles. The zero-order valence-corrected chi connectivity index (χ0v) is 19.7. The molecule has 1 heterocycles. The monoisotopic (exact) mass is 480 g/mol. The van der Waals surface area contributed by atoms with E-state index in [0.717, 1.165) is 5.56 Å². The summed E-state index contributed by atoms with van der Waals surface area (Å²) in [5.41, 5.74) is 3.18. The highest BCUT2D eigenvalue weighted by Crippen LogP contribution is 2.31. The molecule has 9 nitrogen and oxygen atoms in total. The Bertz CT molecular complexity index is 1170. The summed E-state index contributed by atoms with van der Waals surface area (Å²) in [5, 5.41) is 17.1. The average molecular weight is 481 g/mol. The lowest BCUT2D eigenvalue weighted by Gasteiger charge is -2.35. The van der Waals surface area contributed by atoms with Crippen molar-refractivity contribution in [3.05, 3.63) is 87.1 Å². The van der Waals surface area contributed by atoms with Crippen LogP contribution in [0.3, 0.4) is 0 Å². The highest BCUT2D eigenvalue weighted by molar-refractivity contribution is 7.80. The molecular weight excluding hydrogens is 456 g/mol. The Morgan fingerprint density at radius 1 is 1.21 bits per heavy atom. The molecule has 0 aromatic heterocycles. The molecule has 176 valence electrons. The molecular formula is C24H24N4O5S. The number of rotatable bonds is 7. The molecule has 0 fully saturated rings. The van der Waals surface area contributed by atoms with Crippen LogP contribution in [0.15, 0.2) is 65.9 Å². The first-order valence-corrected chi connectivity index (χ1v) is 10.9. The third-order valence-electron chi connectivity index (χ3n) is 5.29. The van der Waals surface area contributed by atoms with E-state index in [9.17, 15) is 19.7 Å². The van der Waals surface area contributed by atoms with Gasteiger partial charge in [-0.25, -0.2) is 4.79 Å². The molecule has 3 rings (SSSR count). The maximum absolute atomic E-state index is 12.6. The number of allylic oxidation sites excluding steroid dienone is 1.